The van der Waals surface area contributed by atoms with Crippen molar-refractivity contribution in [3.05, 3.63) is 29.8 Å². The molecule has 114 valence electrons. The third-order valence-electron chi connectivity index (χ3n) is 2.16. The first-order chi connectivity index (χ1) is 9.27. The lowest BCUT2D eigenvalue weighted by Gasteiger charge is -1.97. The highest BCUT2D eigenvalue weighted by molar-refractivity contribution is 7.85. The van der Waals surface area contributed by atoms with Gasteiger partial charge in [-0.2, -0.15) is 21.0 Å². The van der Waals surface area contributed by atoms with E-state index in [1.807, 2.05) is 6.92 Å². The van der Waals surface area contributed by atoms with Crippen LogP contribution in [0.25, 0.3) is 0 Å². The summed E-state index contributed by atoms with van der Waals surface area (Å²) in [5.74, 6) is 0.528. The number of carbonyl (C=O) groups excluding carboxylic acids is 1. The van der Waals surface area contributed by atoms with Gasteiger partial charge in [-0.3, -0.25) is 9.35 Å². The average molecular weight is 320 g/mol. The fraction of sp³-hybridized carbons (Fsp3) is 0.417. The zero-order chi connectivity index (χ0) is 15.6. The SMILES string of the molecule is Cc1ccc(S(=O)(=O)O)cc1.NC(=O)CCNCCS. The molecule has 0 saturated heterocycles. The van der Waals surface area contributed by atoms with Gasteiger partial charge in [0.15, 0.2) is 0 Å². The molecule has 6 nitrogen and oxygen atoms in total. The number of hydrogen-bond donors (Lipinski definition) is 4. The number of nitrogens with one attached hydrogen (secondary N) is 1. The van der Waals surface area contributed by atoms with Gasteiger partial charge in [-0.05, 0) is 19.1 Å². The maximum atomic E-state index is 10.5. The quantitative estimate of drug-likeness (QED) is 0.349. The van der Waals surface area contributed by atoms with Crippen molar-refractivity contribution in [1.82, 2.24) is 5.32 Å². The van der Waals surface area contributed by atoms with Crippen molar-refractivity contribution in [1.29, 1.82) is 0 Å². The molecule has 0 atom stereocenters. The molecule has 8 heteroatoms. The molecule has 1 rings (SSSR count). The van der Waals surface area contributed by atoms with Gasteiger partial charge in [0.1, 0.15) is 0 Å². The van der Waals surface area contributed by atoms with E-state index in [4.69, 9.17) is 10.3 Å². The molecule has 20 heavy (non-hydrogen) atoms. The van der Waals surface area contributed by atoms with Gasteiger partial charge in [0, 0.05) is 25.3 Å². The fourth-order valence-electron chi connectivity index (χ4n) is 1.13. The Hall–Kier alpha value is -1.09. The summed E-state index contributed by atoms with van der Waals surface area (Å²) in [5, 5.41) is 2.99. The Kier molecular flexibility index (Phi) is 9.23. The van der Waals surface area contributed by atoms with Crippen LogP contribution in [0.4, 0.5) is 0 Å². The zero-order valence-electron chi connectivity index (χ0n) is 11.2. The Morgan fingerprint density at radius 3 is 2.25 bits per heavy atom. The summed E-state index contributed by atoms with van der Waals surface area (Å²) < 4.78 is 29.6. The van der Waals surface area contributed by atoms with Gasteiger partial charge >= 0.3 is 0 Å². The first-order valence-corrected chi connectivity index (χ1v) is 7.98. The first-order valence-electron chi connectivity index (χ1n) is 5.91. The Morgan fingerprint density at radius 1 is 1.30 bits per heavy atom. The van der Waals surface area contributed by atoms with Gasteiger partial charge < -0.3 is 11.1 Å². The number of hydrogen-bond acceptors (Lipinski definition) is 5. The molecule has 0 radical (unpaired) electrons. The van der Waals surface area contributed by atoms with Crippen molar-refractivity contribution in [2.45, 2.75) is 18.2 Å². The van der Waals surface area contributed by atoms with E-state index in [9.17, 15) is 13.2 Å². The van der Waals surface area contributed by atoms with E-state index < -0.39 is 10.1 Å². The summed E-state index contributed by atoms with van der Waals surface area (Å²) >= 11 is 3.97. The molecule has 1 amide bonds. The second-order valence-corrected chi connectivity index (χ2v) is 5.85. The topological polar surface area (TPSA) is 109 Å². The van der Waals surface area contributed by atoms with E-state index in [2.05, 4.69) is 17.9 Å². The van der Waals surface area contributed by atoms with E-state index in [1.54, 1.807) is 12.1 Å². The van der Waals surface area contributed by atoms with Crippen LogP contribution in [0.2, 0.25) is 0 Å². The molecule has 4 N–H and O–H groups in total. The molecular formula is C12H20N2O4S2. The van der Waals surface area contributed by atoms with Crippen LogP contribution < -0.4 is 11.1 Å². The van der Waals surface area contributed by atoms with Crippen LogP contribution >= 0.6 is 12.6 Å². The monoisotopic (exact) mass is 320 g/mol. The summed E-state index contributed by atoms with van der Waals surface area (Å²) in [5.41, 5.74) is 5.83. The highest BCUT2D eigenvalue weighted by Crippen LogP contribution is 2.08. The van der Waals surface area contributed by atoms with Crippen molar-refractivity contribution < 1.29 is 17.8 Å². The zero-order valence-corrected chi connectivity index (χ0v) is 13.0. The Balaban J connectivity index is 0.000000370. The second-order valence-electron chi connectivity index (χ2n) is 3.98. The lowest BCUT2D eigenvalue weighted by molar-refractivity contribution is -0.117. The predicted octanol–water partition coefficient (Wildman–Crippen LogP) is 0.623. The molecule has 0 saturated carbocycles. The lowest BCUT2D eigenvalue weighted by Crippen LogP contribution is -2.23. The van der Waals surface area contributed by atoms with Crippen LogP contribution in [0, 0.1) is 6.92 Å². The minimum Gasteiger partial charge on any atom is -0.370 e. The molecule has 0 bridgehead atoms. The number of aryl methyl sites for hydroxylation is 1. The van der Waals surface area contributed by atoms with Gasteiger partial charge in [0.2, 0.25) is 5.91 Å². The van der Waals surface area contributed by atoms with Crippen molar-refractivity contribution in [3.8, 4) is 0 Å². The third kappa shape index (κ3) is 9.79. The summed E-state index contributed by atoms with van der Waals surface area (Å²) in [6, 6.07) is 5.99. The smallest absolute Gasteiger partial charge is 0.294 e. The predicted molar refractivity (Wildman–Crippen MR) is 81.5 cm³/mol. The van der Waals surface area contributed by atoms with Gasteiger partial charge in [0.25, 0.3) is 10.1 Å². The van der Waals surface area contributed by atoms with E-state index in [0.29, 0.717) is 13.0 Å². The minimum absolute atomic E-state index is 0.0666. The van der Waals surface area contributed by atoms with E-state index >= 15 is 0 Å². The van der Waals surface area contributed by atoms with E-state index in [-0.39, 0.29) is 10.8 Å². The maximum Gasteiger partial charge on any atom is 0.294 e. The van der Waals surface area contributed by atoms with Gasteiger partial charge in [-0.15, -0.1) is 0 Å². The summed E-state index contributed by atoms with van der Waals surface area (Å²) in [6.45, 7) is 3.33. The molecule has 0 aromatic heterocycles. The molecule has 1 aromatic carbocycles. The summed E-state index contributed by atoms with van der Waals surface area (Å²) in [6.07, 6.45) is 0.410. The van der Waals surface area contributed by atoms with Gasteiger partial charge in [-0.1, -0.05) is 17.7 Å². The number of benzene rings is 1. The summed E-state index contributed by atoms with van der Waals surface area (Å²) in [4.78, 5) is 10.1. The molecule has 1 aromatic rings. The van der Waals surface area contributed by atoms with E-state index in [0.717, 1.165) is 17.9 Å². The van der Waals surface area contributed by atoms with E-state index in [1.165, 1.54) is 12.1 Å². The Labute approximate surface area is 124 Å². The van der Waals surface area contributed by atoms with Crippen molar-refractivity contribution >= 4 is 28.7 Å². The number of nitrogens with two attached hydrogens (primary N) is 1. The van der Waals surface area contributed by atoms with Crippen molar-refractivity contribution in [2.24, 2.45) is 5.73 Å². The van der Waals surface area contributed by atoms with Crippen LogP contribution in [-0.2, 0) is 14.9 Å². The Morgan fingerprint density at radius 2 is 1.85 bits per heavy atom. The molecule has 0 unspecified atom stereocenters. The van der Waals surface area contributed by atoms with Crippen LogP contribution in [-0.4, -0.2) is 37.7 Å². The average Bonchev–Trinajstić information content (AvgIpc) is 2.35. The molecule has 0 heterocycles. The number of amides is 1. The van der Waals surface area contributed by atoms with Crippen LogP contribution in [0.1, 0.15) is 12.0 Å². The number of thiol groups is 1. The van der Waals surface area contributed by atoms with Crippen LogP contribution in [0.3, 0.4) is 0 Å². The lowest BCUT2D eigenvalue weighted by atomic mass is 10.2. The van der Waals surface area contributed by atoms with Gasteiger partial charge in [0.05, 0.1) is 4.90 Å². The highest BCUT2D eigenvalue weighted by atomic mass is 32.2. The third-order valence-corrected chi connectivity index (χ3v) is 3.25. The highest BCUT2D eigenvalue weighted by Gasteiger charge is 2.06. The first kappa shape index (κ1) is 18.9. The van der Waals surface area contributed by atoms with Crippen LogP contribution in [0.5, 0.6) is 0 Å². The number of carbonyl (C=O) groups is 1. The number of primary amides is 1. The molecule has 0 spiro atoms. The largest absolute Gasteiger partial charge is 0.370 e. The van der Waals surface area contributed by atoms with Crippen molar-refractivity contribution in [3.63, 3.8) is 0 Å². The Bertz CT molecular complexity index is 501. The molecule has 0 aliphatic heterocycles. The van der Waals surface area contributed by atoms with Crippen LogP contribution in [0.15, 0.2) is 29.2 Å². The maximum absolute atomic E-state index is 10.5. The normalized spacial score (nSPS) is 10.6. The summed E-state index contributed by atoms with van der Waals surface area (Å²) in [7, 11) is -4.02. The molecule has 0 fully saturated rings. The minimum atomic E-state index is -4.02. The number of rotatable bonds is 6. The molecule has 0 aliphatic carbocycles. The van der Waals surface area contributed by atoms with Crippen molar-refractivity contribution in [2.75, 3.05) is 18.8 Å². The standard InChI is InChI=1S/C7H8O3S.C5H12N2OS/c1-6-2-4-7(5-3-6)11(8,9)10;6-5(8)1-2-7-3-4-9/h2-5H,1H3,(H,8,9,10);7,9H,1-4H2,(H2,6,8). The second kappa shape index (κ2) is 9.76. The fourth-order valence-corrected chi connectivity index (χ4v) is 1.76. The van der Waals surface area contributed by atoms with Gasteiger partial charge in [-0.25, -0.2) is 0 Å². The molecule has 0 aliphatic rings. The molecular weight excluding hydrogens is 300 g/mol.